The quantitative estimate of drug-likeness (QED) is 0.867. The molecule has 0 aliphatic carbocycles. The van der Waals surface area contributed by atoms with Crippen molar-refractivity contribution in [3.63, 3.8) is 0 Å². The average molecular weight is 301 g/mol. The molecule has 2 heterocycles. The zero-order valence-electron chi connectivity index (χ0n) is 13.4. The number of hydrogen-bond acceptors (Lipinski definition) is 2. The molecule has 2 atom stereocenters. The van der Waals surface area contributed by atoms with Crippen molar-refractivity contribution in [3.8, 4) is 0 Å². The summed E-state index contributed by atoms with van der Waals surface area (Å²) in [6, 6.07) is 6.10. The first-order valence-corrected chi connectivity index (χ1v) is 7.95. The minimum atomic E-state index is -0.0749. The number of nitrogens with zero attached hydrogens (tertiary/aromatic N) is 2. The minimum Gasteiger partial charge on any atom is -0.341 e. The van der Waals surface area contributed by atoms with Crippen molar-refractivity contribution in [1.82, 2.24) is 9.80 Å². The van der Waals surface area contributed by atoms with Gasteiger partial charge in [-0.3, -0.25) is 4.79 Å². The van der Waals surface area contributed by atoms with E-state index in [1.165, 1.54) is 0 Å². The third kappa shape index (κ3) is 2.56. The summed E-state index contributed by atoms with van der Waals surface area (Å²) < 4.78 is 0. The molecule has 22 heavy (non-hydrogen) atoms. The average Bonchev–Trinajstić information content (AvgIpc) is 2.82. The Morgan fingerprint density at radius 3 is 2.59 bits per heavy atom. The van der Waals surface area contributed by atoms with Crippen molar-refractivity contribution in [1.29, 1.82) is 0 Å². The van der Waals surface area contributed by atoms with E-state index in [1.807, 2.05) is 24.1 Å². The largest absolute Gasteiger partial charge is 0.341 e. The Bertz CT molecular complexity index is 604. The molecular weight excluding hydrogens is 278 g/mol. The summed E-state index contributed by atoms with van der Waals surface area (Å²) >= 11 is 0. The van der Waals surface area contributed by atoms with Gasteiger partial charge in [0.25, 0.3) is 5.91 Å². The van der Waals surface area contributed by atoms with Crippen LogP contribution in [0.5, 0.6) is 0 Å². The van der Waals surface area contributed by atoms with Crippen molar-refractivity contribution >= 4 is 17.6 Å². The van der Waals surface area contributed by atoms with Gasteiger partial charge in [-0.15, -0.1) is 0 Å². The van der Waals surface area contributed by atoms with E-state index in [1.54, 1.807) is 11.0 Å². The molecule has 5 heteroatoms. The van der Waals surface area contributed by atoms with Crippen LogP contribution in [0.4, 0.5) is 10.5 Å². The number of rotatable bonds is 1. The predicted molar refractivity (Wildman–Crippen MR) is 86.1 cm³/mol. The van der Waals surface area contributed by atoms with Crippen molar-refractivity contribution in [2.45, 2.75) is 45.2 Å². The van der Waals surface area contributed by atoms with E-state index in [-0.39, 0.29) is 24.0 Å². The molecule has 0 bridgehead atoms. The summed E-state index contributed by atoms with van der Waals surface area (Å²) in [5.74, 6) is 0.0280. The van der Waals surface area contributed by atoms with Crippen molar-refractivity contribution in [2.75, 3.05) is 18.9 Å². The Morgan fingerprint density at radius 2 is 1.91 bits per heavy atom. The number of amides is 3. The van der Waals surface area contributed by atoms with Crippen LogP contribution in [-0.2, 0) is 6.42 Å². The van der Waals surface area contributed by atoms with Gasteiger partial charge in [0, 0.05) is 36.9 Å². The first kappa shape index (κ1) is 14.9. The summed E-state index contributed by atoms with van der Waals surface area (Å²) in [6.45, 7) is 4.91. The summed E-state index contributed by atoms with van der Waals surface area (Å²) in [5, 5.41) is 2.95. The molecule has 0 radical (unpaired) electrons. The summed E-state index contributed by atoms with van der Waals surface area (Å²) in [7, 11) is 1.81. The van der Waals surface area contributed by atoms with Crippen molar-refractivity contribution < 1.29 is 9.59 Å². The van der Waals surface area contributed by atoms with Gasteiger partial charge in [-0.25, -0.2) is 4.79 Å². The van der Waals surface area contributed by atoms with Gasteiger partial charge >= 0.3 is 6.03 Å². The molecule has 0 spiro atoms. The van der Waals surface area contributed by atoms with Crippen molar-refractivity contribution in [3.05, 3.63) is 29.3 Å². The molecule has 3 amide bonds. The van der Waals surface area contributed by atoms with E-state index >= 15 is 0 Å². The fourth-order valence-corrected chi connectivity index (χ4v) is 3.45. The highest BCUT2D eigenvalue weighted by atomic mass is 16.2. The van der Waals surface area contributed by atoms with Crippen LogP contribution in [0.25, 0.3) is 0 Å². The second kappa shape index (κ2) is 5.63. The Balaban J connectivity index is 1.79. The number of fused-ring (bicyclic) bond motifs is 1. The van der Waals surface area contributed by atoms with Crippen LogP contribution in [0.3, 0.4) is 0 Å². The van der Waals surface area contributed by atoms with Crippen molar-refractivity contribution in [2.24, 2.45) is 0 Å². The van der Waals surface area contributed by atoms with Crippen LogP contribution in [0.2, 0.25) is 0 Å². The van der Waals surface area contributed by atoms with E-state index < -0.39 is 0 Å². The molecule has 2 unspecified atom stereocenters. The molecule has 1 fully saturated rings. The van der Waals surface area contributed by atoms with Crippen LogP contribution >= 0.6 is 0 Å². The van der Waals surface area contributed by atoms with E-state index in [9.17, 15) is 9.59 Å². The van der Waals surface area contributed by atoms with Crippen LogP contribution in [0, 0.1) is 0 Å². The maximum atomic E-state index is 12.5. The van der Waals surface area contributed by atoms with Crippen LogP contribution in [-0.4, -0.2) is 47.4 Å². The molecule has 1 N–H and O–H groups in total. The predicted octanol–water partition coefficient (Wildman–Crippen LogP) is 2.72. The Labute approximate surface area is 131 Å². The second-order valence-corrected chi connectivity index (χ2v) is 6.46. The number of benzene rings is 1. The maximum absolute atomic E-state index is 12.5. The number of likely N-dealkylation sites (N-methyl/N-ethyl adjacent to an activating group) is 1. The Kier molecular flexibility index (Phi) is 3.81. The zero-order chi connectivity index (χ0) is 15.9. The third-order valence-corrected chi connectivity index (χ3v) is 4.84. The highest BCUT2D eigenvalue weighted by Crippen LogP contribution is 2.26. The van der Waals surface area contributed by atoms with Crippen LogP contribution in [0.15, 0.2) is 18.2 Å². The molecule has 0 aromatic heterocycles. The van der Waals surface area contributed by atoms with Gasteiger partial charge < -0.3 is 15.1 Å². The lowest BCUT2D eigenvalue weighted by Gasteiger charge is -2.27. The molecule has 2 aliphatic rings. The lowest BCUT2D eigenvalue weighted by atomic mass is 9.99. The number of anilines is 1. The third-order valence-electron chi connectivity index (χ3n) is 4.84. The summed E-state index contributed by atoms with van der Waals surface area (Å²) in [4.78, 5) is 28.3. The number of hydrogen-bond donors (Lipinski definition) is 1. The summed E-state index contributed by atoms with van der Waals surface area (Å²) in [6.07, 6.45) is 2.95. The molecule has 2 aliphatic heterocycles. The number of urea groups is 1. The molecule has 118 valence electrons. The second-order valence-electron chi connectivity index (χ2n) is 6.46. The summed E-state index contributed by atoms with van der Waals surface area (Å²) in [5.41, 5.74) is 2.46. The first-order valence-electron chi connectivity index (χ1n) is 7.95. The zero-order valence-corrected chi connectivity index (χ0v) is 13.4. The smallest absolute Gasteiger partial charge is 0.322 e. The van der Waals surface area contributed by atoms with E-state index in [4.69, 9.17) is 0 Å². The van der Waals surface area contributed by atoms with Gasteiger partial charge in [-0.2, -0.15) is 0 Å². The van der Waals surface area contributed by atoms with Gasteiger partial charge in [0.15, 0.2) is 0 Å². The van der Waals surface area contributed by atoms with E-state index in [0.29, 0.717) is 11.3 Å². The van der Waals surface area contributed by atoms with Gasteiger partial charge in [-0.05, 0) is 50.8 Å². The first-order chi connectivity index (χ1) is 10.5. The number of likely N-dealkylation sites (tertiary alicyclic amines) is 1. The molecule has 5 nitrogen and oxygen atoms in total. The van der Waals surface area contributed by atoms with Gasteiger partial charge in [0.05, 0.1) is 0 Å². The topological polar surface area (TPSA) is 52.7 Å². The lowest BCUT2D eigenvalue weighted by molar-refractivity contribution is 0.0781. The number of carbonyl (C=O) groups is 2. The number of carbonyl (C=O) groups excluding carboxylic acids is 2. The normalized spacial score (nSPS) is 24.4. The molecule has 1 aromatic carbocycles. The Morgan fingerprint density at radius 1 is 1.23 bits per heavy atom. The molecule has 3 rings (SSSR count). The van der Waals surface area contributed by atoms with E-state index in [2.05, 4.69) is 19.2 Å². The molecule has 1 aromatic rings. The van der Waals surface area contributed by atoms with Gasteiger partial charge in [-0.1, -0.05) is 6.07 Å². The molecule has 1 saturated heterocycles. The van der Waals surface area contributed by atoms with Gasteiger partial charge in [0.1, 0.15) is 0 Å². The lowest BCUT2D eigenvalue weighted by Crippen LogP contribution is -2.41. The standard InChI is InChI=1S/C17H23N3O2/c1-11-4-5-12(2)20(11)17(22)18-14-7-6-13-8-9-19(3)16(21)15(13)10-14/h6-7,10-12H,4-5,8-9H2,1-3H3,(H,18,22). The molecule has 0 saturated carbocycles. The monoisotopic (exact) mass is 301 g/mol. The molecular formula is C17H23N3O2. The Hall–Kier alpha value is -2.04. The number of nitrogens with one attached hydrogen (secondary N) is 1. The van der Waals surface area contributed by atoms with Crippen LogP contribution in [0.1, 0.15) is 42.6 Å². The highest BCUT2D eigenvalue weighted by molar-refractivity contribution is 5.99. The fraction of sp³-hybridized carbons (Fsp3) is 0.529. The van der Waals surface area contributed by atoms with Crippen LogP contribution < -0.4 is 5.32 Å². The minimum absolute atomic E-state index is 0.0280. The SMILES string of the molecule is CC1CCC(C)N1C(=O)Nc1ccc2c(c1)C(=O)N(C)CC2. The highest BCUT2D eigenvalue weighted by Gasteiger charge is 2.31. The maximum Gasteiger partial charge on any atom is 0.322 e. The van der Waals surface area contributed by atoms with Gasteiger partial charge in [0.2, 0.25) is 0 Å². The fourth-order valence-electron chi connectivity index (χ4n) is 3.45. The van der Waals surface area contributed by atoms with E-state index in [0.717, 1.165) is 31.4 Å².